The number of piperidine rings is 1. The Hall–Kier alpha value is -3.57. The first-order valence-electron chi connectivity index (χ1n) is 11.0. The van der Waals surface area contributed by atoms with Gasteiger partial charge in [-0.15, -0.1) is 11.3 Å². The zero-order valence-corrected chi connectivity index (χ0v) is 19.4. The van der Waals surface area contributed by atoms with Crippen LogP contribution in [0.15, 0.2) is 36.8 Å². The van der Waals surface area contributed by atoms with Gasteiger partial charge in [-0.25, -0.2) is 14.4 Å². The smallest absolute Gasteiger partial charge is 0.259 e. The van der Waals surface area contributed by atoms with Crippen LogP contribution in [0.2, 0.25) is 0 Å². The average molecular weight is 482 g/mol. The van der Waals surface area contributed by atoms with Crippen LogP contribution in [-0.2, 0) is 6.54 Å². The molecule has 11 heteroatoms. The van der Waals surface area contributed by atoms with Crippen LogP contribution >= 0.6 is 11.3 Å². The van der Waals surface area contributed by atoms with Crippen molar-refractivity contribution in [3.05, 3.63) is 58.7 Å². The van der Waals surface area contributed by atoms with Crippen molar-refractivity contribution in [2.45, 2.75) is 32.4 Å². The Bertz CT molecular complexity index is 1320. The standard InChI is InChI=1S/C23H24FN7O2S/c1-13-19-22(26-12-27-23(19)34-20(13)21(25)32)29-17-3-2-14(24)10-18(17)33-16-5-8-31(9-6-16)11-15-4-7-28-30-15/h2-4,7,10,12,16H,5-6,8-9,11H2,1H3,(H2,25,32)(H,28,30)(H,26,27,29). The number of primary amides is 1. The molecular formula is C23H24FN7O2S. The first kappa shape index (κ1) is 22.2. The number of nitrogens with zero attached hydrogens (tertiary/aromatic N) is 4. The molecule has 34 heavy (non-hydrogen) atoms. The largest absolute Gasteiger partial charge is 0.488 e. The van der Waals surface area contributed by atoms with Crippen molar-refractivity contribution in [2.24, 2.45) is 5.73 Å². The van der Waals surface area contributed by atoms with Crippen molar-refractivity contribution < 1.29 is 13.9 Å². The summed E-state index contributed by atoms with van der Waals surface area (Å²) in [5, 5.41) is 10.9. The van der Waals surface area contributed by atoms with Crippen LogP contribution < -0.4 is 15.8 Å². The molecule has 0 radical (unpaired) electrons. The van der Waals surface area contributed by atoms with Crippen LogP contribution in [-0.4, -0.2) is 50.2 Å². The molecular weight excluding hydrogens is 457 g/mol. The van der Waals surface area contributed by atoms with E-state index in [0.717, 1.165) is 38.2 Å². The van der Waals surface area contributed by atoms with Gasteiger partial charge in [0.05, 0.1) is 16.0 Å². The molecule has 1 aliphatic heterocycles. The van der Waals surface area contributed by atoms with Gasteiger partial charge in [0, 0.05) is 37.6 Å². The molecule has 1 amide bonds. The Kier molecular flexibility index (Phi) is 6.12. The summed E-state index contributed by atoms with van der Waals surface area (Å²) in [6.45, 7) is 4.37. The molecule has 4 aromatic rings. The SMILES string of the molecule is Cc1c(C(N)=O)sc2ncnc(Nc3ccc(F)cc3OC3CCN(Cc4ccn[nH]4)CC3)c12. The molecule has 1 saturated heterocycles. The second kappa shape index (κ2) is 9.35. The quantitative estimate of drug-likeness (QED) is 0.367. The highest BCUT2D eigenvalue weighted by molar-refractivity contribution is 7.20. The van der Waals surface area contributed by atoms with Crippen LogP contribution in [0, 0.1) is 12.7 Å². The number of aromatic nitrogens is 4. The number of benzene rings is 1. The minimum atomic E-state index is -0.504. The van der Waals surface area contributed by atoms with E-state index < -0.39 is 5.91 Å². The van der Waals surface area contributed by atoms with Crippen molar-refractivity contribution >= 4 is 39.0 Å². The summed E-state index contributed by atoms with van der Waals surface area (Å²) in [6.07, 6.45) is 4.79. The number of aryl methyl sites for hydroxylation is 1. The number of likely N-dealkylation sites (tertiary alicyclic amines) is 1. The van der Waals surface area contributed by atoms with Crippen LogP contribution in [0.5, 0.6) is 5.75 Å². The molecule has 1 fully saturated rings. The number of hydrogen-bond acceptors (Lipinski definition) is 8. The second-order valence-electron chi connectivity index (χ2n) is 8.26. The fraction of sp³-hybridized carbons (Fsp3) is 0.304. The summed E-state index contributed by atoms with van der Waals surface area (Å²) >= 11 is 1.23. The Morgan fingerprint density at radius 2 is 2.15 bits per heavy atom. The lowest BCUT2D eigenvalue weighted by Crippen LogP contribution is -2.38. The number of halogens is 1. The fourth-order valence-electron chi connectivity index (χ4n) is 4.20. The molecule has 0 aliphatic carbocycles. The van der Waals surface area contributed by atoms with Crippen molar-refractivity contribution in [2.75, 3.05) is 18.4 Å². The fourth-order valence-corrected chi connectivity index (χ4v) is 5.21. The summed E-state index contributed by atoms with van der Waals surface area (Å²) < 4.78 is 20.4. The summed E-state index contributed by atoms with van der Waals surface area (Å²) in [6, 6.07) is 6.35. The first-order valence-corrected chi connectivity index (χ1v) is 11.8. The number of hydrogen-bond donors (Lipinski definition) is 3. The lowest BCUT2D eigenvalue weighted by Gasteiger charge is -2.32. The summed E-state index contributed by atoms with van der Waals surface area (Å²) in [5.74, 6) is 0.0443. The number of anilines is 2. The Morgan fingerprint density at radius 3 is 2.88 bits per heavy atom. The van der Waals surface area contributed by atoms with Crippen molar-refractivity contribution in [1.29, 1.82) is 0 Å². The monoisotopic (exact) mass is 481 g/mol. The minimum Gasteiger partial charge on any atom is -0.488 e. The van der Waals surface area contributed by atoms with E-state index in [4.69, 9.17) is 10.5 Å². The molecule has 0 spiro atoms. The van der Waals surface area contributed by atoms with Crippen molar-refractivity contribution in [3.8, 4) is 5.75 Å². The van der Waals surface area contributed by atoms with Gasteiger partial charge < -0.3 is 15.8 Å². The second-order valence-corrected chi connectivity index (χ2v) is 9.26. The van der Waals surface area contributed by atoms with Gasteiger partial charge in [-0.3, -0.25) is 14.8 Å². The normalized spacial score (nSPS) is 15.0. The third-order valence-corrected chi connectivity index (χ3v) is 7.14. The molecule has 176 valence electrons. The van der Waals surface area contributed by atoms with Crippen LogP contribution in [0.4, 0.5) is 15.9 Å². The maximum Gasteiger partial charge on any atom is 0.259 e. The highest BCUT2D eigenvalue weighted by atomic mass is 32.1. The average Bonchev–Trinajstić information content (AvgIpc) is 3.45. The van der Waals surface area contributed by atoms with Crippen molar-refractivity contribution in [1.82, 2.24) is 25.1 Å². The molecule has 9 nitrogen and oxygen atoms in total. The van der Waals surface area contributed by atoms with Crippen LogP contribution in [0.1, 0.15) is 33.8 Å². The topological polar surface area (TPSA) is 122 Å². The number of rotatable bonds is 7. The lowest BCUT2D eigenvalue weighted by atomic mass is 10.1. The molecule has 0 saturated carbocycles. The van der Waals surface area contributed by atoms with E-state index in [-0.39, 0.29) is 11.9 Å². The molecule has 1 aromatic carbocycles. The number of thiophene rings is 1. The van der Waals surface area contributed by atoms with Gasteiger partial charge in [0.1, 0.15) is 34.6 Å². The number of fused-ring (bicyclic) bond motifs is 1. The van der Waals surface area contributed by atoms with Gasteiger partial charge in [0.15, 0.2) is 0 Å². The highest BCUT2D eigenvalue weighted by Gasteiger charge is 2.23. The molecule has 3 aromatic heterocycles. The predicted octanol–water partition coefficient (Wildman–Crippen LogP) is 3.75. The number of amides is 1. The Labute approximate surface area is 199 Å². The Morgan fingerprint density at radius 1 is 1.32 bits per heavy atom. The molecule has 1 aliphatic rings. The first-order chi connectivity index (χ1) is 16.5. The molecule has 0 unspecified atom stereocenters. The van der Waals surface area contributed by atoms with Gasteiger partial charge in [-0.2, -0.15) is 5.10 Å². The maximum absolute atomic E-state index is 14.1. The van der Waals surface area contributed by atoms with E-state index in [0.29, 0.717) is 37.9 Å². The third-order valence-electron chi connectivity index (χ3n) is 5.93. The number of ether oxygens (including phenoxy) is 1. The van der Waals surface area contributed by atoms with Gasteiger partial charge in [0.25, 0.3) is 5.91 Å². The van der Waals surface area contributed by atoms with E-state index >= 15 is 0 Å². The van der Waals surface area contributed by atoms with E-state index in [1.165, 1.54) is 29.8 Å². The molecule has 4 heterocycles. The lowest BCUT2D eigenvalue weighted by molar-refractivity contribution is 0.0964. The van der Waals surface area contributed by atoms with E-state index in [1.54, 1.807) is 12.3 Å². The highest BCUT2D eigenvalue weighted by Crippen LogP contribution is 2.37. The maximum atomic E-state index is 14.1. The number of nitrogens with one attached hydrogen (secondary N) is 2. The number of nitrogens with two attached hydrogens (primary N) is 1. The molecule has 0 atom stereocenters. The number of aromatic amines is 1. The Balaban J connectivity index is 1.34. The van der Waals surface area contributed by atoms with Gasteiger partial charge in [-0.1, -0.05) is 0 Å². The summed E-state index contributed by atoms with van der Waals surface area (Å²) in [5.41, 5.74) is 7.89. The minimum absolute atomic E-state index is 0.0323. The van der Waals surface area contributed by atoms with Gasteiger partial charge in [-0.05, 0) is 43.5 Å². The van der Waals surface area contributed by atoms with Crippen molar-refractivity contribution in [3.63, 3.8) is 0 Å². The van der Waals surface area contributed by atoms with Gasteiger partial charge in [0.2, 0.25) is 0 Å². The van der Waals surface area contributed by atoms with E-state index in [2.05, 4.69) is 30.4 Å². The van der Waals surface area contributed by atoms with Crippen LogP contribution in [0.3, 0.4) is 0 Å². The summed E-state index contributed by atoms with van der Waals surface area (Å²) in [4.78, 5) is 23.8. The number of carbonyl (C=O) groups is 1. The van der Waals surface area contributed by atoms with Gasteiger partial charge >= 0.3 is 0 Å². The molecule has 0 bridgehead atoms. The third kappa shape index (κ3) is 4.57. The van der Waals surface area contributed by atoms with E-state index in [1.807, 2.05) is 13.0 Å². The molecule has 4 N–H and O–H groups in total. The number of H-pyrrole nitrogens is 1. The zero-order valence-electron chi connectivity index (χ0n) is 18.5. The summed E-state index contributed by atoms with van der Waals surface area (Å²) in [7, 11) is 0. The van der Waals surface area contributed by atoms with E-state index in [9.17, 15) is 9.18 Å². The molecule has 5 rings (SSSR count). The van der Waals surface area contributed by atoms with Crippen LogP contribution in [0.25, 0.3) is 10.2 Å². The predicted molar refractivity (Wildman–Crippen MR) is 128 cm³/mol. The number of carbonyl (C=O) groups excluding carboxylic acids is 1. The zero-order chi connectivity index (χ0) is 23.7.